The second-order valence-electron chi connectivity index (χ2n) is 3.79. The summed E-state index contributed by atoms with van der Waals surface area (Å²) in [6, 6.07) is 3.85. The van der Waals surface area contributed by atoms with Gasteiger partial charge in [-0.2, -0.15) is 0 Å². The van der Waals surface area contributed by atoms with Crippen LogP contribution in [-0.4, -0.2) is 4.98 Å². The van der Waals surface area contributed by atoms with E-state index >= 15 is 0 Å². The normalized spacial score (nSPS) is 12.5. The standard InChI is InChI=1S/C12H9Cl2F2N3/c13-6-3-9(14)12(18-5-6)11(19-17)8-2-1-7(15)4-10(8)16/h1-5,11,19H,17H2. The zero-order chi connectivity index (χ0) is 14.0. The molecule has 0 fully saturated rings. The Morgan fingerprint density at radius 3 is 2.53 bits per heavy atom. The summed E-state index contributed by atoms with van der Waals surface area (Å²) in [6.45, 7) is 0. The van der Waals surface area contributed by atoms with Crippen LogP contribution in [0.2, 0.25) is 10.0 Å². The number of nitrogens with one attached hydrogen (secondary N) is 1. The highest BCUT2D eigenvalue weighted by Crippen LogP contribution is 2.29. The molecule has 1 aromatic heterocycles. The summed E-state index contributed by atoms with van der Waals surface area (Å²) in [5.74, 6) is 3.99. The highest BCUT2D eigenvalue weighted by atomic mass is 35.5. The highest BCUT2D eigenvalue weighted by molar-refractivity contribution is 6.34. The van der Waals surface area contributed by atoms with E-state index in [0.29, 0.717) is 10.7 Å². The molecule has 0 bridgehead atoms. The first kappa shape index (κ1) is 14.1. The van der Waals surface area contributed by atoms with Gasteiger partial charge in [0.15, 0.2) is 0 Å². The first-order valence-electron chi connectivity index (χ1n) is 5.25. The summed E-state index contributed by atoms with van der Waals surface area (Å²) < 4.78 is 26.7. The van der Waals surface area contributed by atoms with Crippen molar-refractivity contribution in [2.24, 2.45) is 5.84 Å². The van der Waals surface area contributed by atoms with Crippen LogP contribution < -0.4 is 11.3 Å². The van der Waals surface area contributed by atoms with Crippen molar-refractivity contribution in [2.45, 2.75) is 6.04 Å². The molecule has 0 aliphatic heterocycles. The maximum atomic E-state index is 13.8. The van der Waals surface area contributed by atoms with Crippen LogP contribution in [0.5, 0.6) is 0 Å². The van der Waals surface area contributed by atoms with E-state index in [9.17, 15) is 8.78 Å². The van der Waals surface area contributed by atoms with Gasteiger partial charge in [0.2, 0.25) is 0 Å². The second kappa shape index (κ2) is 5.79. The lowest BCUT2D eigenvalue weighted by Gasteiger charge is -2.17. The number of hydrogen-bond acceptors (Lipinski definition) is 3. The van der Waals surface area contributed by atoms with Gasteiger partial charge < -0.3 is 0 Å². The lowest BCUT2D eigenvalue weighted by molar-refractivity contribution is 0.536. The lowest BCUT2D eigenvalue weighted by Crippen LogP contribution is -2.30. The lowest BCUT2D eigenvalue weighted by atomic mass is 10.0. The Hall–Kier alpha value is -1.27. The van der Waals surface area contributed by atoms with Gasteiger partial charge in [-0.1, -0.05) is 29.3 Å². The number of nitrogens with two attached hydrogens (primary N) is 1. The van der Waals surface area contributed by atoms with E-state index in [4.69, 9.17) is 29.0 Å². The van der Waals surface area contributed by atoms with Gasteiger partial charge in [-0.05, 0) is 12.1 Å². The van der Waals surface area contributed by atoms with Crippen molar-refractivity contribution in [1.82, 2.24) is 10.4 Å². The maximum Gasteiger partial charge on any atom is 0.131 e. The predicted molar refractivity (Wildman–Crippen MR) is 69.8 cm³/mol. The molecule has 0 aliphatic carbocycles. The van der Waals surface area contributed by atoms with Gasteiger partial charge in [-0.25, -0.2) is 14.2 Å². The molecule has 0 radical (unpaired) electrons. The van der Waals surface area contributed by atoms with Crippen molar-refractivity contribution in [2.75, 3.05) is 0 Å². The average molecular weight is 304 g/mol. The molecule has 2 aromatic rings. The molecule has 1 heterocycles. The van der Waals surface area contributed by atoms with Crippen LogP contribution in [0.1, 0.15) is 17.3 Å². The Balaban J connectivity index is 2.50. The fourth-order valence-corrected chi connectivity index (χ4v) is 2.18. The molecule has 3 nitrogen and oxygen atoms in total. The van der Waals surface area contributed by atoms with Crippen molar-refractivity contribution >= 4 is 23.2 Å². The quantitative estimate of drug-likeness (QED) is 0.676. The minimum atomic E-state index is -0.801. The zero-order valence-electron chi connectivity index (χ0n) is 9.50. The molecule has 100 valence electrons. The minimum absolute atomic E-state index is 0.139. The van der Waals surface area contributed by atoms with Crippen LogP contribution in [0, 0.1) is 11.6 Å². The Labute approximate surface area is 118 Å². The predicted octanol–water partition coefficient (Wildman–Crippen LogP) is 3.22. The fourth-order valence-electron chi connectivity index (χ4n) is 1.69. The SMILES string of the molecule is NNC(c1ccc(F)cc1F)c1ncc(Cl)cc1Cl. The summed E-state index contributed by atoms with van der Waals surface area (Å²) in [5.41, 5.74) is 2.85. The summed E-state index contributed by atoms with van der Waals surface area (Å²) in [5, 5.41) is 0.586. The summed E-state index contributed by atoms with van der Waals surface area (Å²) in [4.78, 5) is 4.02. The number of rotatable bonds is 3. The molecule has 0 saturated carbocycles. The second-order valence-corrected chi connectivity index (χ2v) is 4.63. The molecule has 0 aliphatic rings. The van der Waals surface area contributed by atoms with Gasteiger partial charge in [0, 0.05) is 17.8 Å². The molecule has 7 heteroatoms. The van der Waals surface area contributed by atoms with Crippen molar-refractivity contribution in [3.05, 3.63) is 63.4 Å². The molecular formula is C12H9Cl2F2N3. The van der Waals surface area contributed by atoms with Gasteiger partial charge in [0.25, 0.3) is 0 Å². The third-order valence-corrected chi connectivity index (χ3v) is 3.06. The highest BCUT2D eigenvalue weighted by Gasteiger charge is 2.21. The molecule has 0 spiro atoms. The van der Waals surface area contributed by atoms with Crippen LogP contribution in [0.4, 0.5) is 8.78 Å². The van der Waals surface area contributed by atoms with Gasteiger partial charge in [-0.15, -0.1) is 0 Å². The van der Waals surface area contributed by atoms with Gasteiger partial charge in [0.1, 0.15) is 11.6 Å². The van der Waals surface area contributed by atoms with Crippen molar-refractivity contribution < 1.29 is 8.78 Å². The number of hydrazine groups is 1. The number of nitrogens with zero attached hydrogens (tertiary/aromatic N) is 1. The molecule has 0 saturated heterocycles. The number of aromatic nitrogens is 1. The van der Waals surface area contributed by atoms with E-state index in [2.05, 4.69) is 10.4 Å². The molecule has 3 N–H and O–H groups in total. The number of benzene rings is 1. The van der Waals surface area contributed by atoms with Crippen molar-refractivity contribution in [1.29, 1.82) is 0 Å². The number of pyridine rings is 1. The van der Waals surface area contributed by atoms with Gasteiger partial charge in [-0.3, -0.25) is 10.8 Å². The molecule has 1 aromatic carbocycles. The zero-order valence-corrected chi connectivity index (χ0v) is 11.0. The van der Waals surface area contributed by atoms with E-state index in [1.807, 2.05) is 0 Å². The first-order chi connectivity index (χ1) is 9.02. The Morgan fingerprint density at radius 1 is 1.21 bits per heavy atom. The van der Waals surface area contributed by atoms with Crippen LogP contribution in [-0.2, 0) is 0 Å². The fraction of sp³-hybridized carbons (Fsp3) is 0.0833. The molecular weight excluding hydrogens is 295 g/mol. The summed E-state index contributed by atoms with van der Waals surface area (Å²) in [7, 11) is 0. The third kappa shape index (κ3) is 3.01. The van der Waals surface area contributed by atoms with Crippen molar-refractivity contribution in [3.63, 3.8) is 0 Å². The smallest absolute Gasteiger partial charge is 0.131 e. The van der Waals surface area contributed by atoms with E-state index in [0.717, 1.165) is 12.1 Å². The first-order valence-corrected chi connectivity index (χ1v) is 6.00. The summed E-state index contributed by atoms with van der Waals surface area (Å²) >= 11 is 11.7. The topological polar surface area (TPSA) is 50.9 Å². The monoisotopic (exact) mass is 303 g/mol. The maximum absolute atomic E-state index is 13.8. The van der Waals surface area contributed by atoms with E-state index in [1.165, 1.54) is 18.3 Å². The van der Waals surface area contributed by atoms with E-state index < -0.39 is 17.7 Å². The molecule has 1 unspecified atom stereocenters. The molecule has 2 rings (SSSR count). The van der Waals surface area contributed by atoms with Gasteiger partial charge in [0.05, 0.1) is 21.8 Å². The van der Waals surface area contributed by atoms with Crippen LogP contribution in [0.3, 0.4) is 0 Å². The third-order valence-electron chi connectivity index (χ3n) is 2.55. The van der Waals surface area contributed by atoms with Crippen LogP contribution >= 0.6 is 23.2 Å². The average Bonchev–Trinajstić information content (AvgIpc) is 2.34. The van der Waals surface area contributed by atoms with E-state index in [-0.39, 0.29) is 10.6 Å². The van der Waals surface area contributed by atoms with E-state index in [1.54, 1.807) is 0 Å². The molecule has 0 amide bonds. The van der Waals surface area contributed by atoms with Gasteiger partial charge >= 0.3 is 0 Å². The van der Waals surface area contributed by atoms with Crippen molar-refractivity contribution in [3.8, 4) is 0 Å². The van der Waals surface area contributed by atoms with Crippen LogP contribution in [0.15, 0.2) is 30.5 Å². The largest absolute Gasteiger partial charge is 0.271 e. The Bertz CT molecular complexity index is 556. The Morgan fingerprint density at radius 2 is 1.95 bits per heavy atom. The Kier molecular flexibility index (Phi) is 4.31. The van der Waals surface area contributed by atoms with Crippen LogP contribution in [0.25, 0.3) is 0 Å². The molecule has 19 heavy (non-hydrogen) atoms. The summed E-state index contributed by atoms with van der Waals surface area (Å²) in [6.07, 6.45) is 1.37. The number of halogens is 4. The molecule has 1 atom stereocenters. The minimum Gasteiger partial charge on any atom is -0.271 e. The number of hydrogen-bond donors (Lipinski definition) is 2.